The van der Waals surface area contributed by atoms with Crippen LogP contribution in [-0.4, -0.2) is 40.6 Å². The predicted octanol–water partition coefficient (Wildman–Crippen LogP) is 1.27. The van der Waals surface area contributed by atoms with Gasteiger partial charge in [0.2, 0.25) is 0 Å². The summed E-state index contributed by atoms with van der Waals surface area (Å²) < 4.78 is 7.05. The monoisotopic (exact) mass is 269 g/mol. The van der Waals surface area contributed by atoms with Crippen molar-refractivity contribution in [1.29, 1.82) is 0 Å². The molecular weight excluding hydrogens is 246 g/mol. The molecule has 0 aliphatic carbocycles. The lowest BCUT2D eigenvalue weighted by molar-refractivity contribution is 0.0695. The second-order valence-electron chi connectivity index (χ2n) is 4.91. The Morgan fingerprint density at radius 3 is 2.89 bits per heavy atom. The van der Waals surface area contributed by atoms with E-state index in [-0.39, 0.29) is 5.56 Å². The lowest BCUT2D eigenvalue weighted by Crippen LogP contribution is -2.22. The summed E-state index contributed by atoms with van der Waals surface area (Å²) in [5.74, 6) is -0.293. The average molecular weight is 269 g/mol. The quantitative estimate of drug-likeness (QED) is 0.660. The average Bonchev–Trinajstić information content (AvgIpc) is 2.69. The van der Waals surface area contributed by atoms with E-state index in [0.29, 0.717) is 31.3 Å². The lowest BCUT2D eigenvalue weighted by atomic mass is 10.1. The van der Waals surface area contributed by atoms with E-state index >= 15 is 0 Å². The Balaban J connectivity index is 2.23. The number of aromatic carboxylic acids is 1. The van der Waals surface area contributed by atoms with Crippen LogP contribution in [0.5, 0.6) is 0 Å². The Bertz CT molecular complexity index is 402. The number of aromatic nitrogens is 2. The first-order valence-corrected chi connectivity index (χ1v) is 6.55. The van der Waals surface area contributed by atoms with Gasteiger partial charge in [-0.25, -0.2) is 4.79 Å². The molecule has 0 aromatic carbocycles. The molecule has 0 radical (unpaired) electrons. The predicted molar refractivity (Wildman–Crippen MR) is 72.1 cm³/mol. The third kappa shape index (κ3) is 5.40. The molecular formula is C13H23N3O3. The number of hydrogen-bond acceptors (Lipinski definition) is 4. The van der Waals surface area contributed by atoms with Crippen molar-refractivity contribution in [2.75, 3.05) is 19.8 Å². The standard InChI is InChI=1S/C13H23N3O3/c1-10(2)4-6-19-7-5-14-9-12-11(13(17)18)8-15-16(12)3/h8,10,14H,4-7,9H2,1-3H3,(H,17,18). The summed E-state index contributed by atoms with van der Waals surface area (Å²) in [6.07, 6.45) is 2.43. The maximum absolute atomic E-state index is 11.0. The van der Waals surface area contributed by atoms with Gasteiger partial charge in [0.25, 0.3) is 0 Å². The van der Waals surface area contributed by atoms with Gasteiger partial charge in [0.15, 0.2) is 0 Å². The lowest BCUT2D eigenvalue weighted by Gasteiger charge is -2.08. The smallest absolute Gasteiger partial charge is 0.339 e. The molecule has 1 aromatic rings. The first-order valence-electron chi connectivity index (χ1n) is 6.55. The van der Waals surface area contributed by atoms with Crippen molar-refractivity contribution < 1.29 is 14.6 Å². The number of ether oxygens (including phenoxy) is 1. The maximum Gasteiger partial charge on any atom is 0.339 e. The van der Waals surface area contributed by atoms with Gasteiger partial charge in [-0.2, -0.15) is 5.10 Å². The highest BCUT2D eigenvalue weighted by atomic mass is 16.5. The third-order valence-corrected chi connectivity index (χ3v) is 2.85. The number of nitrogens with zero attached hydrogens (tertiary/aromatic N) is 2. The second kappa shape index (κ2) is 7.91. The highest BCUT2D eigenvalue weighted by molar-refractivity contribution is 5.88. The van der Waals surface area contributed by atoms with Crippen LogP contribution >= 0.6 is 0 Å². The fraction of sp³-hybridized carbons (Fsp3) is 0.692. The minimum Gasteiger partial charge on any atom is -0.478 e. The van der Waals surface area contributed by atoms with E-state index in [4.69, 9.17) is 9.84 Å². The highest BCUT2D eigenvalue weighted by Gasteiger charge is 2.13. The molecule has 0 fully saturated rings. The molecule has 0 spiro atoms. The molecule has 0 unspecified atom stereocenters. The minimum absolute atomic E-state index is 0.246. The van der Waals surface area contributed by atoms with Crippen LogP contribution in [-0.2, 0) is 18.3 Å². The van der Waals surface area contributed by atoms with Crippen molar-refractivity contribution in [2.24, 2.45) is 13.0 Å². The number of nitrogens with one attached hydrogen (secondary N) is 1. The zero-order valence-electron chi connectivity index (χ0n) is 11.8. The van der Waals surface area contributed by atoms with Gasteiger partial charge in [-0.1, -0.05) is 13.8 Å². The molecule has 1 heterocycles. The first-order chi connectivity index (χ1) is 9.02. The van der Waals surface area contributed by atoms with E-state index in [9.17, 15) is 4.79 Å². The van der Waals surface area contributed by atoms with E-state index in [1.165, 1.54) is 6.20 Å². The van der Waals surface area contributed by atoms with E-state index in [1.807, 2.05) is 0 Å². The molecule has 6 heteroatoms. The number of rotatable bonds is 9. The van der Waals surface area contributed by atoms with Crippen LogP contribution in [0.3, 0.4) is 0 Å². The third-order valence-electron chi connectivity index (χ3n) is 2.85. The Morgan fingerprint density at radius 2 is 2.26 bits per heavy atom. The van der Waals surface area contributed by atoms with Crippen molar-refractivity contribution in [3.63, 3.8) is 0 Å². The molecule has 6 nitrogen and oxygen atoms in total. The molecule has 0 saturated carbocycles. The van der Waals surface area contributed by atoms with Crippen molar-refractivity contribution in [1.82, 2.24) is 15.1 Å². The molecule has 1 rings (SSSR count). The van der Waals surface area contributed by atoms with E-state index in [0.717, 1.165) is 13.0 Å². The van der Waals surface area contributed by atoms with Crippen LogP contribution in [0.15, 0.2) is 6.20 Å². The molecule has 1 aromatic heterocycles. The Kier molecular flexibility index (Phi) is 6.52. The van der Waals surface area contributed by atoms with E-state index in [2.05, 4.69) is 24.3 Å². The van der Waals surface area contributed by atoms with Crippen LogP contribution in [0.2, 0.25) is 0 Å². The topological polar surface area (TPSA) is 76.4 Å². The van der Waals surface area contributed by atoms with Crippen LogP contribution in [0.1, 0.15) is 36.3 Å². The molecule has 0 bridgehead atoms. The Labute approximate surface area is 113 Å². The summed E-state index contributed by atoms with van der Waals surface area (Å²) in [5.41, 5.74) is 0.922. The van der Waals surface area contributed by atoms with Gasteiger partial charge in [0, 0.05) is 26.7 Å². The summed E-state index contributed by atoms with van der Waals surface area (Å²) in [7, 11) is 1.74. The summed E-state index contributed by atoms with van der Waals surface area (Å²) in [4.78, 5) is 11.0. The van der Waals surface area contributed by atoms with Crippen molar-refractivity contribution in [3.05, 3.63) is 17.5 Å². The SMILES string of the molecule is CC(C)CCOCCNCc1c(C(=O)O)cnn1C. The number of carbonyl (C=O) groups is 1. The van der Waals surface area contributed by atoms with E-state index in [1.54, 1.807) is 11.7 Å². The molecule has 19 heavy (non-hydrogen) atoms. The second-order valence-corrected chi connectivity index (χ2v) is 4.91. The first kappa shape index (κ1) is 15.7. The maximum atomic E-state index is 11.0. The highest BCUT2D eigenvalue weighted by Crippen LogP contribution is 2.06. The largest absolute Gasteiger partial charge is 0.478 e. The van der Waals surface area contributed by atoms with Gasteiger partial charge < -0.3 is 15.2 Å². The molecule has 0 saturated heterocycles. The molecule has 0 aliphatic rings. The Morgan fingerprint density at radius 1 is 1.53 bits per heavy atom. The number of hydrogen-bond donors (Lipinski definition) is 2. The number of aryl methyl sites for hydroxylation is 1. The summed E-state index contributed by atoms with van der Waals surface area (Å²) >= 11 is 0. The van der Waals surface area contributed by atoms with Gasteiger partial charge >= 0.3 is 5.97 Å². The van der Waals surface area contributed by atoms with Crippen molar-refractivity contribution in [3.8, 4) is 0 Å². The molecule has 0 aliphatic heterocycles. The molecule has 0 atom stereocenters. The number of carboxylic acid groups (broad SMARTS) is 1. The van der Waals surface area contributed by atoms with Gasteiger partial charge in [-0.3, -0.25) is 4.68 Å². The van der Waals surface area contributed by atoms with Crippen LogP contribution in [0, 0.1) is 5.92 Å². The van der Waals surface area contributed by atoms with Crippen LogP contribution in [0.25, 0.3) is 0 Å². The molecule has 0 amide bonds. The van der Waals surface area contributed by atoms with Crippen LogP contribution < -0.4 is 5.32 Å². The fourth-order valence-electron chi connectivity index (χ4n) is 1.62. The van der Waals surface area contributed by atoms with Gasteiger partial charge in [0.05, 0.1) is 18.5 Å². The Hall–Kier alpha value is -1.40. The fourth-order valence-corrected chi connectivity index (χ4v) is 1.62. The normalized spacial score (nSPS) is 11.2. The van der Waals surface area contributed by atoms with Gasteiger partial charge in [-0.05, 0) is 12.3 Å². The van der Waals surface area contributed by atoms with Gasteiger partial charge in [0.1, 0.15) is 5.56 Å². The molecule has 2 N–H and O–H groups in total. The summed E-state index contributed by atoms with van der Waals surface area (Å²) in [6, 6.07) is 0. The zero-order chi connectivity index (χ0) is 14.3. The summed E-state index contributed by atoms with van der Waals surface area (Å²) in [6.45, 7) is 6.90. The van der Waals surface area contributed by atoms with Crippen LogP contribution in [0.4, 0.5) is 0 Å². The van der Waals surface area contributed by atoms with E-state index < -0.39 is 5.97 Å². The van der Waals surface area contributed by atoms with Gasteiger partial charge in [-0.15, -0.1) is 0 Å². The zero-order valence-corrected chi connectivity index (χ0v) is 11.8. The van der Waals surface area contributed by atoms with Crippen molar-refractivity contribution in [2.45, 2.75) is 26.8 Å². The minimum atomic E-state index is -0.946. The number of carboxylic acids is 1. The summed E-state index contributed by atoms with van der Waals surface area (Å²) in [5, 5.41) is 16.1. The van der Waals surface area contributed by atoms with Crippen molar-refractivity contribution >= 4 is 5.97 Å². The molecule has 108 valence electrons.